The molecule has 0 aromatic rings. The van der Waals surface area contributed by atoms with Crippen LogP contribution < -0.4 is 0 Å². The Bertz CT molecular complexity index is 77.0. The molecule has 0 fully saturated rings. The fourth-order valence-electron chi connectivity index (χ4n) is 0.841. The third-order valence-electron chi connectivity index (χ3n) is 2.62. The second kappa shape index (κ2) is 3.37. The first-order chi connectivity index (χ1) is 4.06. The Morgan fingerprint density at radius 1 is 1.33 bits per heavy atom. The van der Waals surface area contributed by atoms with Crippen LogP contribution in [0.15, 0.2) is 0 Å². The molecule has 2 heteroatoms. The fraction of sp³-hybridized carbons (Fsp3) is 1.00. The molecule has 0 aliphatic rings. The Kier molecular flexibility index (Phi) is 3.44. The summed E-state index contributed by atoms with van der Waals surface area (Å²) in [4.78, 5) is 9.41. The predicted octanol–water partition coefficient (Wildman–Crippen LogP) is 1.91. The zero-order valence-electron chi connectivity index (χ0n) is 6.94. The van der Waals surface area contributed by atoms with Gasteiger partial charge in [0.05, 0.1) is 0 Å². The van der Waals surface area contributed by atoms with E-state index in [9.17, 15) is 4.80 Å². The van der Waals surface area contributed by atoms with Gasteiger partial charge in [0, 0.05) is 0 Å². The third kappa shape index (κ3) is 2.10. The molecule has 0 heterocycles. The van der Waals surface area contributed by atoms with Gasteiger partial charge in [-0.25, -0.2) is 0 Å². The highest BCUT2D eigenvalue weighted by atomic mass is 28.3. The van der Waals surface area contributed by atoms with Crippen LogP contribution in [0.4, 0.5) is 0 Å². The van der Waals surface area contributed by atoms with E-state index in [0.29, 0.717) is 0 Å². The van der Waals surface area contributed by atoms with Gasteiger partial charge in [0.1, 0.15) is 0 Å². The third-order valence-corrected chi connectivity index (χ3v) is 5.46. The zero-order valence-corrected chi connectivity index (χ0v) is 8.09. The van der Waals surface area contributed by atoms with E-state index in [4.69, 9.17) is 0 Å². The number of hydrogen-bond donors (Lipinski definition) is 1. The van der Waals surface area contributed by atoms with Gasteiger partial charge in [-0.15, -0.1) is 0 Å². The summed E-state index contributed by atoms with van der Waals surface area (Å²) < 4.78 is 0. The summed E-state index contributed by atoms with van der Waals surface area (Å²) in [6, 6.07) is 0. The molecular formula is C7H18OSi. The average Bonchev–Trinajstić information content (AvgIpc) is 1.86. The van der Waals surface area contributed by atoms with Crippen LogP contribution in [0.5, 0.6) is 0 Å². The minimum absolute atomic E-state index is 0.278. The number of hydrogen-bond acceptors (Lipinski definition) is 1. The van der Waals surface area contributed by atoms with E-state index in [1.807, 2.05) is 6.55 Å². The van der Waals surface area contributed by atoms with Gasteiger partial charge in [-0.1, -0.05) is 33.6 Å². The highest BCUT2D eigenvalue weighted by Crippen LogP contribution is 2.35. The normalized spacial score (nSPS) is 15.7. The van der Waals surface area contributed by atoms with E-state index >= 15 is 0 Å². The van der Waals surface area contributed by atoms with Crippen LogP contribution >= 0.6 is 0 Å². The van der Waals surface area contributed by atoms with Gasteiger partial charge in [-0.05, 0) is 11.6 Å². The van der Waals surface area contributed by atoms with Crippen molar-refractivity contribution in [3.63, 3.8) is 0 Å². The Morgan fingerprint density at radius 2 is 1.67 bits per heavy atom. The summed E-state index contributed by atoms with van der Waals surface area (Å²) in [6.45, 7) is 8.50. The SMILES string of the molecule is CCC(C)(CC)[SiH](C)O. The summed E-state index contributed by atoms with van der Waals surface area (Å²) in [5.41, 5.74) is 0. The van der Waals surface area contributed by atoms with Crippen molar-refractivity contribution in [1.29, 1.82) is 0 Å². The zero-order chi connectivity index (χ0) is 7.49. The molecule has 0 spiro atoms. The standard InChI is InChI=1S/C7H18OSi/c1-5-7(3,6-2)9(4)8/h8-9H,5-6H2,1-4H3. The second-order valence-electron chi connectivity index (χ2n) is 3.04. The van der Waals surface area contributed by atoms with Crippen molar-refractivity contribution in [2.75, 3.05) is 0 Å². The fourth-order valence-corrected chi connectivity index (χ4v) is 2.02. The molecule has 1 nitrogen and oxygen atoms in total. The maximum Gasteiger partial charge on any atom is 0.175 e. The summed E-state index contributed by atoms with van der Waals surface area (Å²) in [6.07, 6.45) is 2.24. The lowest BCUT2D eigenvalue weighted by Gasteiger charge is -2.28. The molecule has 1 unspecified atom stereocenters. The van der Waals surface area contributed by atoms with Crippen LogP contribution in [0.2, 0.25) is 11.6 Å². The van der Waals surface area contributed by atoms with Crippen LogP contribution in [0.1, 0.15) is 33.6 Å². The predicted molar refractivity (Wildman–Crippen MR) is 44.2 cm³/mol. The van der Waals surface area contributed by atoms with Gasteiger partial charge in [0.15, 0.2) is 9.04 Å². The molecule has 0 saturated carbocycles. The Balaban J connectivity index is 3.92. The van der Waals surface area contributed by atoms with Gasteiger partial charge < -0.3 is 4.80 Å². The van der Waals surface area contributed by atoms with Gasteiger partial charge in [-0.2, -0.15) is 0 Å². The second-order valence-corrected chi connectivity index (χ2v) is 5.78. The Labute approximate surface area is 59.8 Å². The van der Waals surface area contributed by atoms with Crippen molar-refractivity contribution in [2.24, 2.45) is 0 Å². The molecule has 0 amide bonds. The van der Waals surface area contributed by atoms with Crippen molar-refractivity contribution in [2.45, 2.75) is 45.2 Å². The molecule has 0 aromatic heterocycles. The average molecular weight is 146 g/mol. The molecule has 9 heavy (non-hydrogen) atoms. The molecule has 0 aromatic carbocycles. The van der Waals surface area contributed by atoms with Crippen molar-refractivity contribution in [3.8, 4) is 0 Å². The van der Waals surface area contributed by atoms with Gasteiger partial charge in [-0.3, -0.25) is 0 Å². The maximum atomic E-state index is 9.41. The highest BCUT2D eigenvalue weighted by molar-refractivity contribution is 6.52. The molecule has 0 radical (unpaired) electrons. The largest absolute Gasteiger partial charge is 0.434 e. The topological polar surface area (TPSA) is 20.2 Å². The monoisotopic (exact) mass is 146 g/mol. The van der Waals surface area contributed by atoms with Crippen LogP contribution in [0, 0.1) is 0 Å². The van der Waals surface area contributed by atoms with Crippen LogP contribution in [-0.4, -0.2) is 13.8 Å². The smallest absolute Gasteiger partial charge is 0.175 e. The molecule has 1 N–H and O–H groups in total. The molecule has 0 bridgehead atoms. The van der Waals surface area contributed by atoms with Crippen molar-refractivity contribution < 1.29 is 4.80 Å². The summed E-state index contributed by atoms with van der Waals surface area (Å²) in [5.74, 6) is 0. The first-order valence-corrected chi connectivity index (χ1v) is 5.99. The van der Waals surface area contributed by atoms with E-state index in [1.165, 1.54) is 0 Å². The van der Waals surface area contributed by atoms with E-state index in [1.54, 1.807) is 0 Å². The molecule has 0 aliphatic heterocycles. The summed E-state index contributed by atoms with van der Waals surface area (Å²) in [7, 11) is -1.40. The van der Waals surface area contributed by atoms with Crippen molar-refractivity contribution in [1.82, 2.24) is 0 Å². The Morgan fingerprint density at radius 3 is 1.67 bits per heavy atom. The van der Waals surface area contributed by atoms with Gasteiger partial charge in [0.2, 0.25) is 0 Å². The van der Waals surface area contributed by atoms with E-state index in [2.05, 4.69) is 20.8 Å². The quantitative estimate of drug-likeness (QED) is 0.603. The minimum Gasteiger partial charge on any atom is -0.434 e. The van der Waals surface area contributed by atoms with E-state index < -0.39 is 9.04 Å². The van der Waals surface area contributed by atoms with Crippen LogP contribution in [-0.2, 0) is 0 Å². The van der Waals surface area contributed by atoms with Gasteiger partial charge >= 0.3 is 0 Å². The van der Waals surface area contributed by atoms with E-state index in [-0.39, 0.29) is 5.04 Å². The molecule has 0 aliphatic carbocycles. The van der Waals surface area contributed by atoms with Gasteiger partial charge in [0.25, 0.3) is 0 Å². The van der Waals surface area contributed by atoms with Crippen LogP contribution in [0.25, 0.3) is 0 Å². The molecule has 1 atom stereocenters. The lowest BCUT2D eigenvalue weighted by molar-refractivity contribution is 0.456. The first-order valence-electron chi connectivity index (χ1n) is 3.75. The van der Waals surface area contributed by atoms with Crippen molar-refractivity contribution in [3.05, 3.63) is 0 Å². The first kappa shape index (κ1) is 9.18. The molecular weight excluding hydrogens is 128 g/mol. The molecule has 0 rings (SSSR count). The lowest BCUT2D eigenvalue weighted by Crippen LogP contribution is -2.25. The Hall–Kier alpha value is 0.177. The van der Waals surface area contributed by atoms with Crippen LogP contribution in [0.3, 0.4) is 0 Å². The number of rotatable bonds is 3. The van der Waals surface area contributed by atoms with E-state index in [0.717, 1.165) is 12.8 Å². The van der Waals surface area contributed by atoms with Crippen molar-refractivity contribution >= 4 is 9.04 Å². The molecule has 0 saturated heterocycles. The minimum atomic E-state index is -1.40. The summed E-state index contributed by atoms with van der Waals surface area (Å²) in [5, 5.41) is 0.278. The maximum absolute atomic E-state index is 9.41. The highest BCUT2D eigenvalue weighted by Gasteiger charge is 2.26. The summed E-state index contributed by atoms with van der Waals surface area (Å²) >= 11 is 0. The lowest BCUT2D eigenvalue weighted by atomic mass is 10.1. The molecule has 56 valence electrons.